The number of unbranched alkanes of at least 4 members (excludes halogenated alkanes) is 1. The van der Waals surface area contributed by atoms with E-state index < -0.39 is 0 Å². The third kappa shape index (κ3) is 7.83. The van der Waals surface area contributed by atoms with Gasteiger partial charge >= 0.3 is 0 Å². The highest BCUT2D eigenvalue weighted by molar-refractivity contribution is 7.80. The Balaban J connectivity index is 1.81. The summed E-state index contributed by atoms with van der Waals surface area (Å²) in [7, 11) is 3.50. The number of benzene rings is 2. The molecule has 2 rings (SSSR count). The van der Waals surface area contributed by atoms with E-state index in [4.69, 9.17) is 17.0 Å². The van der Waals surface area contributed by atoms with Gasteiger partial charge in [-0.3, -0.25) is 14.9 Å². The van der Waals surface area contributed by atoms with Gasteiger partial charge in [0.25, 0.3) is 5.91 Å². The maximum absolute atomic E-state index is 12.4. The first-order valence-corrected chi connectivity index (χ1v) is 10.4. The second-order valence-electron chi connectivity index (χ2n) is 7.12. The van der Waals surface area contributed by atoms with Crippen molar-refractivity contribution in [2.45, 2.75) is 32.6 Å². The highest BCUT2D eigenvalue weighted by Crippen LogP contribution is 2.14. The fraction of sp³-hybridized carbons (Fsp3) is 0.348. The average molecular weight is 428 g/mol. The Labute approximate surface area is 183 Å². The molecule has 0 aliphatic heterocycles. The lowest BCUT2D eigenvalue weighted by atomic mass is 10.1. The van der Waals surface area contributed by atoms with Crippen LogP contribution >= 0.6 is 12.2 Å². The van der Waals surface area contributed by atoms with Crippen LogP contribution in [0, 0.1) is 0 Å². The van der Waals surface area contributed by atoms with Crippen LogP contribution in [0.4, 0.5) is 5.69 Å². The van der Waals surface area contributed by atoms with Crippen molar-refractivity contribution in [2.24, 2.45) is 0 Å². The molecule has 0 spiro atoms. The monoisotopic (exact) mass is 427 g/mol. The number of thiocarbonyl (C=S) groups is 1. The lowest BCUT2D eigenvalue weighted by Crippen LogP contribution is -2.34. The second kappa shape index (κ2) is 11.9. The molecule has 0 bridgehead atoms. The SMILES string of the molecule is CCCCOc1ccc(C(=O)NC(=S)Nc2ccc(CCC(=O)N(C)C)cc2)cc1. The van der Waals surface area contributed by atoms with E-state index in [1.165, 1.54) is 0 Å². The lowest BCUT2D eigenvalue weighted by Gasteiger charge is -2.12. The summed E-state index contributed by atoms with van der Waals surface area (Å²) in [5.41, 5.74) is 2.33. The molecular weight excluding hydrogens is 398 g/mol. The van der Waals surface area contributed by atoms with Crippen molar-refractivity contribution in [3.05, 3.63) is 59.7 Å². The van der Waals surface area contributed by atoms with Gasteiger partial charge in [0, 0.05) is 31.8 Å². The number of hydrogen-bond acceptors (Lipinski definition) is 4. The molecule has 0 aliphatic rings. The third-order valence-electron chi connectivity index (χ3n) is 4.45. The van der Waals surface area contributed by atoms with E-state index in [1.807, 2.05) is 24.3 Å². The molecule has 2 amide bonds. The molecule has 0 atom stereocenters. The van der Waals surface area contributed by atoms with Crippen molar-refractivity contribution in [2.75, 3.05) is 26.0 Å². The number of amides is 2. The van der Waals surface area contributed by atoms with Gasteiger partial charge < -0.3 is 15.0 Å². The van der Waals surface area contributed by atoms with E-state index in [1.54, 1.807) is 43.3 Å². The largest absolute Gasteiger partial charge is 0.494 e. The summed E-state index contributed by atoms with van der Waals surface area (Å²) < 4.78 is 5.60. The first kappa shape index (κ1) is 23.3. The summed E-state index contributed by atoms with van der Waals surface area (Å²) >= 11 is 5.24. The average Bonchev–Trinajstić information content (AvgIpc) is 2.73. The Bertz CT molecular complexity index is 849. The zero-order chi connectivity index (χ0) is 21.9. The van der Waals surface area contributed by atoms with Crippen LogP contribution in [0.3, 0.4) is 0 Å². The predicted octanol–water partition coefficient (Wildman–Crippen LogP) is 4.01. The molecule has 2 N–H and O–H groups in total. The molecule has 160 valence electrons. The molecule has 2 aromatic rings. The lowest BCUT2D eigenvalue weighted by molar-refractivity contribution is -0.128. The number of carbonyl (C=O) groups excluding carboxylic acids is 2. The van der Waals surface area contributed by atoms with Crippen molar-refractivity contribution < 1.29 is 14.3 Å². The number of ether oxygens (including phenoxy) is 1. The standard InChI is InChI=1S/C23H29N3O3S/c1-4-5-16-29-20-13-9-18(10-14-20)22(28)25-23(30)24-19-11-6-17(7-12-19)8-15-21(27)26(2)3/h6-7,9-14H,4-5,8,15-16H2,1-3H3,(H2,24,25,28,30). The quantitative estimate of drug-likeness (QED) is 0.467. The minimum absolute atomic E-state index is 0.0987. The number of rotatable bonds is 9. The highest BCUT2D eigenvalue weighted by Gasteiger charge is 2.09. The van der Waals surface area contributed by atoms with E-state index in [0.29, 0.717) is 25.0 Å². The van der Waals surface area contributed by atoms with Crippen molar-refractivity contribution in [3.8, 4) is 5.75 Å². The molecule has 0 aliphatic carbocycles. The van der Waals surface area contributed by atoms with Crippen molar-refractivity contribution in [3.63, 3.8) is 0 Å². The summed E-state index contributed by atoms with van der Waals surface area (Å²) in [6, 6.07) is 14.6. The van der Waals surface area contributed by atoms with E-state index in [9.17, 15) is 9.59 Å². The zero-order valence-electron chi connectivity index (χ0n) is 17.7. The Morgan fingerprint density at radius 1 is 1.03 bits per heavy atom. The van der Waals surface area contributed by atoms with Crippen molar-refractivity contribution >= 4 is 34.8 Å². The summed E-state index contributed by atoms with van der Waals surface area (Å²) in [5.74, 6) is 0.557. The first-order valence-electron chi connectivity index (χ1n) is 10.0. The van der Waals surface area contributed by atoms with Gasteiger partial charge in [-0.1, -0.05) is 25.5 Å². The van der Waals surface area contributed by atoms with Crippen LogP contribution in [0.5, 0.6) is 5.75 Å². The maximum Gasteiger partial charge on any atom is 0.257 e. The number of nitrogens with zero attached hydrogens (tertiary/aromatic N) is 1. The Morgan fingerprint density at radius 3 is 2.30 bits per heavy atom. The molecule has 6 nitrogen and oxygen atoms in total. The van der Waals surface area contributed by atoms with Crippen LogP contribution in [0.1, 0.15) is 42.1 Å². The minimum atomic E-state index is -0.286. The Morgan fingerprint density at radius 2 is 1.70 bits per heavy atom. The van der Waals surface area contributed by atoms with E-state index >= 15 is 0 Å². The number of hydrogen-bond donors (Lipinski definition) is 2. The number of carbonyl (C=O) groups is 2. The predicted molar refractivity (Wildman–Crippen MR) is 124 cm³/mol. The summed E-state index contributed by atoms with van der Waals surface area (Å²) in [5, 5.41) is 5.89. The van der Waals surface area contributed by atoms with Gasteiger partial charge in [-0.25, -0.2) is 0 Å². The molecule has 0 fully saturated rings. The van der Waals surface area contributed by atoms with Gasteiger partial charge in [0.1, 0.15) is 5.75 Å². The van der Waals surface area contributed by atoms with Gasteiger partial charge in [0.15, 0.2) is 5.11 Å². The van der Waals surface area contributed by atoms with Crippen LogP contribution in [-0.4, -0.2) is 42.5 Å². The van der Waals surface area contributed by atoms with E-state index in [2.05, 4.69) is 17.6 Å². The topological polar surface area (TPSA) is 70.7 Å². The van der Waals surface area contributed by atoms with Crippen LogP contribution in [-0.2, 0) is 11.2 Å². The Kier molecular flexibility index (Phi) is 9.28. The minimum Gasteiger partial charge on any atom is -0.494 e. The maximum atomic E-state index is 12.4. The van der Waals surface area contributed by atoms with Crippen molar-refractivity contribution in [1.82, 2.24) is 10.2 Å². The molecule has 0 aromatic heterocycles. The van der Waals surface area contributed by atoms with Gasteiger partial charge in [0.05, 0.1) is 6.61 Å². The van der Waals surface area contributed by atoms with E-state index in [-0.39, 0.29) is 16.9 Å². The second-order valence-corrected chi connectivity index (χ2v) is 7.53. The van der Waals surface area contributed by atoms with Crippen molar-refractivity contribution in [1.29, 1.82) is 0 Å². The van der Waals surface area contributed by atoms with Crippen LogP contribution in [0.2, 0.25) is 0 Å². The van der Waals surface area contributed by atoms with Gasteiger partial charge in [0.2, 0.25) is 5.91 Å². The smallest absolute Gasteiger partial charge is 0.257 e. The van der Waals surface area contributed by atoms with Crippen LogP contribution in [0.15, 0.2) is 48.5 Å². The molecule has 7 heteroatoms. The molecule has 30 heavy (non-hydrogen) atoms. The van der Waals surface area contributed by atoms with Gasteiger partial charge in [-0.05, 0) is 67.0 Å². The summed E-state index contributed by atoms with van der Waals surface area (Å²) in [6.07, 6.45) is 3.22. The van der Waals surface area contributed by atoms with Crippen LogP contribution in [0.25, 0.3) is 0 Å². The van der Waals surface area contributed by atoms with Gasteiger partial charge in [-0.2, -0.15) is 0 Å². The zero-order valence-corrected chi connectivity index (χ0v) is 18.6. The number of aryl methyl sites for hydroxylation is 1. The van der Waals surface area contributed by atoms with Gasteiger partial charge in [-0.15, -0.1) is 0 Å². The first-order chi connectivity index (χ1) is 14.4. The third-order valence-corrected chi connectivity index (χ3v) is 4.65. The molecule has 0 radical (unpaired) electrons. The molecule has 2 aromatic carbocycles. The van der Waals surface area contributed by atoms with Crippen LogP contribution < -0.4 is 15.4 Å². The molecule has 0 saturated heterocycles. The molecular formula is C23H29N3O3S. The Hall–Kier alpha value is -2.93. The molecule has 0 unspecified atom stereocenters. The fourth-order valence-electron chi connectivity index (χ4n) is 2.60. The highest BCUT2D eigenvalue weighted by atomic mass is 32.1. The molecule has 0 saturated carbocycles. The summed E-state index contributed by atoms with van der Waals surface area (Å²) in [4.78, 5) is 25.6. The normalized spacial score (nSPS) is 10.2. The van der Waals surface area contributed by atoms with E-state index in [0.717, 1.165) is 29.8 Å². The number of nitrogens with one attached hydrogen (secondary N) is 2. The fourth-order valence-corrected chi connectivity index (χ4v) is 2.81. The number of anilines is 1. The molecule has 0 heterocycles. The summed E-state index contributed by atoms with van der Waals surface area (Å²) in [6.45, 7) is 2.78.